The Hall–Kier alpha value is -0.600. The maximum absolute atomic E-state index is 9.75. The Kier molecular flexibility index (Phi) is 3.28. The minimum atomic E-state index is -0.356. The van der Waals surface area contributed by atoms with Crippen LogP contribution in [0, 0.1) is 0 Å². The molecule has 0 spiro atoms. The summed E-state index contributed by atoms with van der Waals surface area (Å²) in [4.78, 5) is 2.18. The Bertz CT molecular complexity index is 232. The Morgan fingerprint density at radius 2 is 2.38 bits per heavy atom. The van der Waals surface area contributed by atoms with Gasteiger partial charge < -0.3 is 5.11 Å². The molecule has 13 heavy (non-hydrogen) atoms. The summed E-state index contributed by atoms with van der Waals surface area (Å²) in [6.07, 6.45) is 2.86. The van der Waals surface area contributed by atoms with Gasteiger partial charge in [0.1, 0.15) is 0 Å². The molecule has 74 valence electrons. The van der Waals surface area contributed by atoms with Gasteiger partial charge in [0.2, 0.25) is 0 Å². The average Bonchev–Trinajstić information content (AvgIpc) is 2.03. The molecule has 0 aliphatic carbocycles. The van der Waals surface area contributed by atoms with Gasteiger partial charge in [-0.15, -0.1) is 0 Å². The summed E-state index contributed by atoms with van der Waals surface area (Å²) in [7, 11) is 2.04. The Labute approximate surface area is 80.6 Å². The SMILES string of the molecule is C=C(C)C1=C[C@@H](CC)N(C)C[C@H]1O. The summed E-state index contributed by atoms with van der Waals surface area (Å²) >= 11 is 0. The second kappa shape index (κ2) is 4.07. The zero-order valence-electron chi connectivity index (χ0n) is 8.75. The van der Waals surface area contributed by atoms with E-state index in [4.69, 9.17) is 0 Å². The molecule has 0 fully saturated rings. The standard InChI is InChI=1S/C11H19NO/c1-5-9-6-10(8(2)3)11(13)7-12(9)4/h6,9,11,13H,2,5,7H2,1,3-4H3/t9-,11-/m1/s1. The molecule has 0 unspecified atom stereocenters. The summed E-state index contributed by atoms with van der Waals surface area (Å²) in [5.41, 5.74) is 2.00. The minimum Gasteiger partial charge on any atom is -0.387 e. The van der Waals surface area contributed by atoms with Crippen LogP contribution in [0.15, 0.2) is 23.8 Å². The van der Waals surface area contributed by atoms with Crippen LogP contribution < -0.4 is 0 Å². The third-order valence-electron chi connectivity index (χ3n) is 2.67. The predicted octanol–water partition coefficient (Wildman–Crippen LogP) is 1.57. The topological polar surface area (TPSA) is 23.5 Å². The molecule has 2 atom stereocenters. The van der Waals surface area contributed by atoms with Crippen molar-refractivity contribution in [1.82, 2.24) is 4.90 Å². The van der Waals surface area contributed by atoms with Crippen molar-refractivity contribution in [3.63, 3.8) is 0 Å². The van der Waals surface area contributed by atoms with Crippen molar-refractivity contribution < 1.29 is 5.11 Å². The molecule has 1 aliphatic rings. The van der Waals surface area contributed by atoms with Crippen molar-refractivity contribution >= 4 is 0 Å². The lowest BCUT2D eigenvalue weighted by molar-refractivity contribution is 0.125. The van der Waals surface area contributed by atoms with Gasteiger partial charge in [0.25, 0.3) is 0 Å². The van der Waals surface area contributed by atoms with Crippen molar-refractivity contribution in [2.45, 2.75) is 32.4 Å². The van der Waals surface area contributed by atoms with E-state index < -0.39 is 0 Å². The first-order chi connectivity index (χ1) is 6.06. The van der Waals surface area contributed by atoms with Gasteiger partial charge in [-0.1, -0.05) is 25.2 Å². The second-order valence-electron chi connectivity index (χ2n) is 3.83. The molecule has 0 saturated carbocycles. The lowest BCUT2D eigenvalue weighted by Crippen LogP contribution is -2.41. The monoisotopic (exact) mass is 181 g/mol. The summed E-state index contributed by atoms with van der Waals surface area (Å²) in [6, 6.07) is 0.454. The molecule has 2 nitrogen and oxygen atoms in total. The van der Waals surface area contributed by atoms with E-state index >= 15 is 0 Å². The maximum atomic E-state index is 9.75. The average molecular weight is 181 g/mol. The zero-order valence-corrected chi connectivity index (χ0v) is 8.75. The van der Waals surface area contributed by atoms with Crippen LogP contribution in [0.5, 0.6) is 0 Å². The number of aliphatic hydroxyl groups excluding tert-OH is 1. The fourth-order valence-electron chi connectivity index (χ4n) is 1.81. The van der Waals surface area contributed by atoms with E-state index in [1.165, 1.54) is 0 Å². The van der Waals surface area contributed by atoms with Crippen LogP contribution in [0.2, 0.25) is 0 Å². The van der Waals surface area contributed by atoms with Gasteiger partial charge in [0.05, 0.1) is 6.10 Å². The zero-order chi connectivity index (χ0) is 10.0. The quantitative estimate of drug-likeness (QED) is 0.699. The number of hydrogen-bond donors (Lipinski definition) is 1. The van der Waals surface area contributed by atoms with Gasteiger partial charge in [0.15, 0.2) is 0 Å². The first kappa shape index (κ1) is 10.5. The highest BCUT2D eigenvalue weighted by Gasteiger charge is 2.24. The van der Waals surface area contributed by atoms with Gasteiger partial charge in [0, 0.05) is 12.6 Å². The van der Waals surface area contributed by atoms with E-state index in [0.29, 0.717) is 6.04 Å². The van der Waals surface area contributed by atoms with Crippen LogP contribution in [-0.4, -0.2) is 35.7 Å². The molecule has 0 aromatic heterocycles. The second-order valence-corrected chi connectivity index (χ2v) is 3.83. The Morgan fingerprint density at radius 1 is 1.77 bits per heavy atom. The van der Waals surface area contributed by atoms with E-state index in [2.05, 4.69) is 24.5 Å². The van der Waals surface area contributed by atoms with Crippen molar-refractivity contribution in [3.8, 4) is 0 Å². The van der Waals surface area contributed by atoms with Gasteiger partial charge in [-0.2, -0.15) is 0 Å². The van der Waals surface area contributed by atoms with Crippen molar-refractivity contribution in [1.29, 1.82) is 0 Å². The molecule has 1 N–H and O–H groups in total. The first-order valence-corrected chi connectivity index (χ1v) is 4.82. The van der Waals surface area contributed by atoms with Crippen LogP contribution in [-0.2, 0) is 0 Å². The highest BCUT2D eigenvalue weighted by atomic mass is 16.3. The molecule has 0 bridgehead atoms. The normalized spacial score (nSPS) is 30.0. The lowest BCUT2D eigenvalue weighted by atomic mass is 9.94. The molecule has 0 aromatic carbocycles. The van der Waals surface area contributed by atoms with E-state index in [1.54, 1.807) is 0 Å². The fourth-order valence-corrected chi connectivity index (χ4v) is 1.81. The van der Waals surface area contributed by atoms with Crippen LogP contribution in [0.25, 0.3) is 0 Å². The molecular formula is C11H19NO. The first-order valence-electron chi connectivity index (χ1n) is 4.82. The Balaban J connectivity index is 2.87. The molecule has 2 heteroatoms. The summed E-state index contributed by atoms with van der Waals surface area (Å²) in [5, 5.41) is 9.75. The van der Waals surface area contributed by atoms with E-state index in [9.17, 15) is 5.11 Å². The molecule has 0 radical (unpaired) electrons. The molecule has 1 aliphatic heterocycles. The molecule has 1 rings (SSSR count). The van der Waals surface area contributed by atoms with E-state index in [-0.39, 0.29) is 6.10 Å². The predicted molar refractivity (Wildman–Crippen MR) is 55.6 cm³/mol. The third-order valence-corrected chi connectivity index (χ3v) is 2.67. The lowest BCUT2D eigenvalue weighted by Gasteiger charge is -2.34. The molecule has 1 heterocycles. The van der Waals surface area contributed by atoms with Crippen molar-refractivity contribution in [3.05, 3.63) is 23.8 Å². The number of rotatable bonds is 2. The number of likely N-dealkylation sites (N-methyl/N-ethyl adjacent to an activating group) is 1. The molecule has 0 amide bonds. The molecule has 0 saturated heterocycles. The number of aliphatic hydroxyl groups is 1. The number of nitrogens with zero attached hydrogens (tertiary/aromatic N) is 1. The highest BCUT2D eigenvalue weighted by Crippen LogP contribution is 2.22. The largest absolute Gasteiger partial charge is 0.387 e. The van der Waals surface area contributed by atoms with Crippen LogP contribution >= 0.6 is 0 Å². The summed E-state index contributed by atoms with van der Waals surface area (Å²) in [6.45, 7) is 8.71. The molecular weight excluding hydrogens is 162 g/mol. The van der Waals surface area contributed by atoms with Crippen LogP contribution in [0.3, 0.4) is 0 Å². The van der Waals surface area contributed by atoms with Gasteiger partial charge in [-0.3, -0.25) is 4.90 Å². The van der Waals surface area contributed by atoms with Crippen LogP contribution in [0.4, 0.5) is 0 Å². The van der Waals surface area contributed by atoms with Gasteiger partial charge in [-0.25, -0.2) is 0 Å². The number of hydrogen-bond acceptors (Lipinski definition) is 2. The minimum absolute atomic E-state index is 0.356. The van der Waals surface area contributed by atoms with Gasteiger partial charge in [-0.05, 0) is 26.0 Å². The van der Waals surface area contributed by atoms with E-state index in [1.807, 2.05) is 14.0 Å². The van der Waals surface area contributed by atoms with Crippen molar-refractivity contribution in [2.24, 2.45) is 0 Å². The smallest absolute Gasteiger partial charge is 0.0916 e. The van der Waals surface area contributed by atoms with Crippen LogP contribution in [0.1, 0.15) is 20.3 Å². The molecule has 0 aromatic rings. The maximum Gasteiger partial charge on any atom is 0.0916 e. The van der Waals surface area contributed by atoms with E-state index in [0.717, 1.165) is 24.1 Å². The highest BCUT2D eigenvalue weighted by molar-refractivity contribution is 5.33. The summed E-state index contributed by atoms with van der Waals surface area (Å²) in [5.74, 6) is 0. The van der Waals surface area contributed by atoms with Crippen molar-refractivity contribution in [2.75, 3.05) is 13.6 Å². The summed E-state index contributed by atoms with van der Waals surface area (Å²) < 4.78 is 0. The Morgan fingerprint density at radius 3 is 2.85 bits per heavy atom. The number of β-amino-alcohol motifs (C(OH)–C–C–N with tert-alkyl or cyclic N) is 1. The van der Waals surface area contributed by atoms with Gasteiger partial charge >= 0.3 is 0 Å². The third kappa shape index (κ3) is 2.20. The fraction of sp³-hybridized carbons (Fsp3) is 0.636.